The minimum absolute atomic E-state index is 0.0118. The lowest BCUT2D eigenvalue weighted by Gasteiger charge is -2.27. The molecule has 0 aromatic carbocycles. The smallest absolute Gasteiger partial charge is 0.325 e. The van der Waals surface area contributed by atoms with Crippen LogP contribution in [0.2, 0.25) is 0 Å². The molecule has 6 atom stereocenters. The third kappa shape index (κ3) is 14.2. The molecule has 0 spiro atoms. The molecule has 0 radical (unpaired) electrons. The summed E-state index contributed by atoms with van der Waals surface area (Å²) < 4.78 is 0. The molecule has 0 aliphatic carbocycles. The van der Waals surface area contributed by atoms with Crippen molar-refractivity contribution in [1.82, 2.24) is 26.6 Å². The molecule has 13 nitrogen and oxygen atoms in total. The summed E-state index contributed by atoms with van der Waals surface area (Å²) in [6.45, 7) is 15.5. The molecule has 13 heteroatoms. The zero-order valence-corrected chi connectivity index (χ0v) is 25.3. The fourth-order valence-corrected chi connectivity index (χ4v) is 3.76. The van der Waals surface area contributed by atoms with E-state index in [1.807, 2.05) is 41.5 Å². The molecule has 0 saturated carbocycles. The van der Waals surface area contributed by atoms with Crippen molar-refractivity contribution in [3.05, 3.63) is 0 Å². The van der Waals surface area contributed by atoms with E-state index in [4.69, 9.17) is 10.8 Å². The number of carbonyl (C=O) groups excluding carboxylic acids is 5. The van der Waals surface area contributed by atoms with Crippen LogP contribution in [0.5, 0.6) is 0 Å². The van der Waals surface area contributed by atoms with Crippen LogP contribution in [0.4, 0.5) is 0 Å². The maximum atomic E-state index is 13.2. The highest BCUT2D eigenvalue weighted by atomic mass is 16.4. The Morgan fingerprint density at radius 1 is 0.500 bits per heavy atom. The molecule has 0 aliphatic rings. The highest BCUT2D eigenvalue weighted by Crippen LogP contribution is 2.10. The SMILES string of the molecule is CC(C)C[C@H](NC(=O)[C@H](CC(C)C)NC(=O)[C@@H](N)CC(C)C)C(=O)N[C@@H](C)C(=O)N[C@@H](C)C(=O)N[C@@H](C)C(=O)O. The topological polar surface area (TPSA) is 209 Å². The number of hydrogen-bond acceptors (Lipinski definition) is 7. The number of rotatable bonds is 17. The van der Waals surface area contributed by atoms with E-state index < -0.39 is 71.8 Å². The molecule has 0 heterocycles. The highest BCUT2D eigenvalue weighted by Gasteiger charge is 2.31. The van der Waals surface area contributed by atoms with Crippen LogP contribution >= 0.6 is 0 Å². The van der Waals surface area contributed by atoms with Crippen LogP contribution in [0.3, 0.4) is 0 Å². The Hall–Kier alpha value is -3.22. The molecular formula is C27H50N6O7. The van der Waals surface area contributed by atoms with Crippen molar-refractivity contribution in [3.8, 4) is 0 Å². The summed E-state index contributed by atoms with van der Waals surface area (Å²) in [6.07, 6.45) is 1.06. The summed E-state index contributed by atoms with van der Waals surface area (Å²) in [4.78, 5) is 74.6. The van der Waals surface area contributed by atoms with Crippen LogP contribution < -0.4 is 32.3 Å². The molecule has 0 saturated heterocycles. The van der Waals surface area contributed by atoms with Crippen molar-refractivity contribution in [2.75, 3.05) is 0 Å². The Morgan fingerprint density at radius 2 is 0.825 bits per heavy atom. The number of carboxylic acid groups (broad SMARTS) is 1. The van der Waals surface area contributed by atoms with Gasteiger partial charge in [-0.3, -0.25) is 28.8 Å². The molecule has 0 aromatic heterocycles. The molecule has 40 heavy (non-hydrogen) atoms. The normalized spacial score (nSPS) is 15.8. The molecule has 0 unspecified atom stereocenters. The molecule has 0 bridgehead atoms. The Bertz CT molecular complexity index is 893. The molecule has 0 rings (SSSR count). The Morgan fingerprint density at radius 3 is 1.20 bits per heavy atom. The standard InChI is InChI=1S/C27H50N6O7/c1-13(2)10-19(28)24(36)32-21(12-15(5)6)26(38)33-20(11-14(3)4)25(37)30-17(8)22(34)29-16(7)23(35)31-18(9)27(39)40/h13-21H,10-12,28H2,1-9H3,(H,29,34)(H,30,37)(H,31,35)(H,32,36)(H,33,38)(H,39,40)/t16-,17-,18-,19-,20-,21-/m0/s1. The first kappa shape index (κ1) is 36.8. The molecule has 5 amide bonds. The third-order valence-electron chi connectivity index (χ3n) is 5.98. The van der Waals surface area contributed by atoms with Crippen LogP contribution in [-0.4, -0.2) is 76.9 Å². The van der Waals surface area contributed by atoms with E-state index in [1.165, 1.54) is 20.8 Å². The molecule has 230 valence electrons. The van der Waals surface area contributed by atoms with Crippen LogP contribution in [0.25, 0.3) is 0 Å². The van der Waals surface area contributed by atoms with Crippen molar-refractivity contribution in [1.29, 1.82) is 0 Å². The summed E-state index contributed by atoms with van der Waals surface area (Å²) in [5.74, 6) is -3.89. The van der Waals surface area contributed by atoms with Gasteiger partial charge in [0.1, 0.15) is 30.2 Å². The Labute approximate surface area is 237 Å². The number of nitrogens with two attached hydrogens (primary N) is 1. The number of carboxylic acids is 1. The lowest BCUT2D eigenvalue weighted by Crippen LogP contribution is -2.58. The quantitative estimate of drug-likeness (QED) is 0.126. The van der Waals surface area contributed by atoms with E-state index >= 15 is 0 Å². The molecule has 0 aliphatic heterocycles. The van der Waals surface area contributed by atoms with Gasteiger partial charge in [-0.05, 0) is 57.8 Å². The maximum absolute atomic E-state index is 13.2. The molecule has 0 aromatic rings. The van der Waals surface area contributed by atoms with E-state index in [9.17, 15) is 28.8 Å². The Kier molecular flexibility index (Phi) is 16.1. The number of aliphatic carboxylic acids is 1. The monoisotopic (exact) mass is 570 g/mol. The molecule has 0 fully saturated rings. The lowest BCUT2D eigenvalue weighted by molar-refractivity contribution is -0.141. The van der Waals surface area contributed by atoms with Crippen molar-refractivity contribution in [2.24, 2.45) is 23.5 Å². The second kappa shape index (κ2) is 17.5. The predicted molar refractivity (Wildman–Crippen MR) is 151 cm³/mol. The second-order valence-electron chi connectivity index (χ2n) is 11.6. The van der Waals surface area contributed by atoms with Gasteiger partial charge in [-0.2, -0.15) is 0 Å². The summed E-state index contributed by atoms with van der Waals surface area (Å²) in [7, 11) is 0. The highest BCUT2D eigenvalue weighted by molar-refractivity contribution is 5.96. The van der Waals surface area contributed by atoms with Gasteiger partial charge in [0.05, 0.1) is 6.04 Å². The second-order valence-corrected chi connectivity index (χ2v) is 11.6. The van der Waals surface area contributed by atoms with Gasteiger partial charge < -0.3 is 37.4 Å². The van der Waals surface area contributed by atoms with Crippen molar-refractivity contribution >= 4 is 35.5 Å². The summed E-state index contributed by atoms with van der Waals surface area (Å²) in [5.41, 5.74) is 5.99. The third-order valence-corrected chi connectivity index (χ3v) is 5.98. The van der Waals surface area contributed by atoms with Gasteiger partial charge in [0.25, 0.3) is 0 Å². The fourth-order valence-electron chi connectivity index (χ4n) is 3.76. The van der Waals surface area contributed by atoms with E-state index in [2.05, 4.69) is 26.6 Å². The van der Waals surface area contributed by atoms with Gasteiger partial charge in [-0.25, -0.2) is 0 Å². The largest absolute Gasteiger partial charge is 0.480 e. The van der Waals surface area contributed by atoms with Crippen LogP contribution in [0, 0.1) is 17.8 Å². The number of amides is 5. The van der Waals surface area contributed by atoms with Gasteiger partial charge in [0, 0.05) is 0 Å². The van der Waals surface area contributed by atoms with Gasteiger partial charge in [-0.1, -0.05) is 41.5 Å². The van der Waals surface area contributed by atoms with Gasteiger partial charge >= 0.3 is 5.97 Å². The first-order chi connectivity index (χ1) is 18.3. The van der Waals surface area contributed by atoms with Crippen LogP contribution in [-0.2, 0) is 28.8 Å². The summed E-state index contributed by atoms with van der Waals surface area (Å²) in [5, 5.41) is 21.6. The molecule has 8 N–H and O–H groups in total. The van der Waals surface area contributed by atoms with E-state index in [0.29, 0.717) is 12.8 Å². The maximum Gasteiger partial charge on any atom is 0.325 e. The number of carbonyl (C=O) groups is 6. The van der Waals surface area contributed by atoms with Crippen molar-refractivity contribution < 1.29 is 33.9 Å². The minimum atomic E-state index is -1.22. The minimum Gasteiger partial charge on any atom is -0.480 e. The lowest BCUT2D eigenvalue weighted by atomic mass is 9.99. The van der Waals surface area contributed by atoms with E-state index in [0.717, 1.165) is 0 Å². The van der Waals surface area contributed by atoms with Crippen molar-refractivity contribution in [2.45, 2.75) is 118 Å². The van der Waals surface area contributed by atoms with E-state index in [1.54, 1.807) is 0 Å². The average Bonchev–Trinajstić information content (AvgIpc) is 2.81. The zero-order chi connectivity index (χ0) is 31.3. The predicted octanol–water partition coefficient (Wildman–Crippen LogP) is 0.0203. The van der Waals surface area contributed by atoms with Crippen LogP contribution in [0.1, 0.15) is 81.6 Å². The zero-order valence-electron chi connectivity index (χ0n) is 25.3. The van der Waals surface area contributed by atoms with E-state index in [-0.39, 0.29) is 24.2 Å². The number of hydrogen-bond donors (Lipinski definition) is 7. The van der Waals surface area contributed by atoms with Gasteiger partial charge in [0.15, 0.2) is 0 Å². The Balaban J connectivity index is 5.42. The summed E-state index contributed by atoms with van der Waals surface area (Å²) >= 11 is 0. The average molecular weight is 571 g/mol. The first-order valence-corrected chi connectivity index (χ1v) is 13.9. The summed E-state index contributed by atoms with van der Waals surface area (Å²) in [6, 6.07) is -5.92. The van der Waals surface area contributed by atoms with Crippen molar-refractivity contribution in [3.63, 3.8) is 0 Å². The first-order valence-electron chi connectivity index (χ1n) is 13.9. The fraction of sp³-hybridized carbons (Fsp3) is 0.778. The molecular weight excluding hydrogens is 520 g/mol. The van der Waals surface area contributed by atoms with Crippen LogP contribution in [0.15, 0.2) is 0 Å². The number of nitrogens with one attached hydrogen (secondary N) is 5. The van der Waals surface area contributed by atoms with Gasteiger partial charge in [0.2, 0.25) is 29.5 Å². The van der Waals surface area contributed by atoms with Gasteiger partial charge in [-0.15, -0.1) is 0 Å².